The first kappa shape index (κ1) is 14.9. The molecule has 3 heteroatoms. The number of hydrogen-bond acceptors (Lipinski definition) is 2. The van der Waals surface area contributed by atoms with Gasteiger partial charge < -0.3 is 10.1 Å². The zero-order valence-corrected chi connectivity index (χ0v) is 13.3. The second-order valence-corrected chi connectivity index (χ2v) is 6.29. The maximum atomic E-state index is 12.7. The van der Waals surface area contributed by atoms with Crippen LogP contribution in [0.15, 0.2) is 36.4 Å². The van der Waals surface area contributed by atoms with Gasteiger partial charge in [0.05, 0.1) is 7.11 Å². The van der Waals surface area contributed by atoms with Gasteiger partial charge in [-0.3, -0.25) is 4.79 Å². The fourth-order valence-corrected chi connectivity index (χ4v) is 3.31. The highest BCUT2D eigenvalue weighted by Crippen LogP contribution is 2.29. The molecule has 3 nitrogen and oxygen atoms in total. The van der Waals surface area contributed by atoms with E-state index in [2.05, 4.69) is 12.2 Å². The molecule has 2 aromatic rings. The molecular weight excluding hydrogens is 274 g/mol. The molecule has 1 N–H and O–H groups in total. The van der Waals surface area contributed by atoms with Crippen LogP contribution in [-0.2, 0) is 0 Å². The average Bonchev–Trinajstić information content (AvgIpc) is 2.56. The zero-order valence-electron chi connectivity index (χ0n) is 13.3. The summed E-state index contributed by atoms with van der Waals surface area (Å²) >= 11 is 0. The van der Waals surface area contributed by atoms with Crippen LogP contribution in [0.1, 0.15) is 43.0 Å². The molecule has 116 valence electrons. The first-order valence-electron chi connectivity index (χ1n) is 8.05. The SMILES string of the molecule is COc1ccc(C(=O)NC2CCC(C)CC2)c2ccccc12. The minimum Gasteiger partial charge on any atom is -0.496 e. The number of amides is 1. The van der Waals surface area contributed by atoms with Crippen LogP contribution >= 0.6 is 0 Å². The third-order valence-electron chi connectivity index (χ3n) is 4.70. The van der Waals surface area contributed by atoms with Crippen molar-refractivity contribution in [1.29, 1.82) is 0 Å². The number of ether oxygens (including phenoxy) is 1. The lowest BCUT2D eigenvalue weighted by molar-refractivity contribution is 0.0924. The molecule has 0 unspecified atom stereocenters. The first-order chi connectivity index (χ1) is 10.7. The number of carbonyl (C=O) groups is 1. The van der Waals surface area contributed by atoms with Gasteiger partial charge in [0, 0.05) is 17.0 Å². The smallest absolute Gasteiger partial charge is 0.252 e. The monoisotopic (exact) mass is 297 g/mol. The summed E-state index contributed by atoms with van der Waals surface area (Å²) in [6.45, 7) is 2.29. The Bertz CT molecular complexity index is 672. The van der Waals surface area contributed by atoms with Crippen molar-refractivity contribution in [3.05, 3.63) is 42.0 Å². The predicted octanol–water partition coefficient (Wildman–Crippen LogP) is 4.16. The van der Waals surface area contributed by atoms with Crippen molar-refractivity contribution in [1.82, 2.24) is 5.32 Å². The van der Waals surface area contributed by atoms with E-state index < -0.39 is 0 Å². The standard InChI is InChI=1S/C19H23NO2/c1-13-7-9-14(10-8-13)20-19(21)17-11-12-18(22-2)16-6-4-3-5-15(16)17/h3-6,11-14H,7-10H2,1-2H3,(H,20,21). The summed E-state index contributed by atoms with van der Waals surface area (Å²) in [5.41, 5.74) is 0.732. The van der Waals surface area contributed by atoms with E-state index in [-0.39, 0.29) is 5.91 Å². The summed E-state index contributed by atoms with van der Waals surface area (Å²) in [5.74, 6) is 1.62. The summed E-state index contributed by atoms with van der Waals surface area (Å²) in [6, 6.07) is 11.9. The Labute approximate surface area is 131 Å². The highest BCUT2D eigenvalue weighted by molar-refractivity contribution is 6.08. The van der Waals surface area contributed by atoms with Crippen LogP contribution < -0.4 is 10.1 Å². The van der Waals surface area contributed by atoms with Crippen molar-refractivity contribution in [2.45, 2.75) is 38.6 Å². The Hall–Kier alpha value is -2.03. The molecule has 0 aromatic heterocycles. The number of fused-ring (bicyclic) bond motifs is 1. The third-order valence-corrected chi connectivity index (χ3v) is 4.70. The van der Waals surface area contributed by atoms with Gasteiger partial charge in [-0.1, -0.05) is 31.2 Å². The number of nitrogens with one attached hydrogen (secondary N) is 1. The normalized spacial score (nSPS) is 21.5. The fraction of sp³-hybridized carbons (Fsp3) is 0.421. The lowest BCUT2D eigenvalue weighted by atomic mass is 9.87. The minimum absolute atomic E-state index is 0.0263. The molecule has 22 heavy (non-hydrogen) atoms. The van der Waals surface area contributed by atoms with E-state index in [4.69, 9.17) is 4.74 Å². The molecule has 1 saturated carbocycles. The minimum atomic E-state index is 0.0263. The van der Waals surface area contributed by atoms with E-state index in [1.54, 1.807) is 7.11 Å². The zero-order chi connectivity index (χ0) is 15.5. The Balaban J connectivity index is 1.85. The number of benzene rings is 2. The van der Waals surface area contributed by atoms with Gasteiger partial charge in [-0.05, 0) is 49.1 Å². The largest absolute Gasteiger partial charge is 0.496 e. The molecule has 1 amide bonds. The van der Waals surface area contributed by atoms with Crippen LogP contribution in [0.5, 0.6) is 5.75 Å². The van der Waals surface area contributed by atoms with Gasteiger partial charge in [0.2, 0.25) is 0 Å². The molecule has 0 saturated heterocycles. The average molecular weight is 297 g/mol. The second-order valence-electron chi connectivity index (χ2n) is 6.29. The van der Waals surface area contributed by atoms with Gasteiger partial charge in [0.25, 0.3) is 5.91 Å². The van der Waals surface area contributed by atoms with E-state index in [0.717, 1.165) is 40.8 Å². The van der Waals surface area contributed by atoms with E-state index in [1.807, 2.05) is 36.4 Å². The van der Waals surface area contributed by atoms with Crippen LogP contribution in [0.3, 0.4) is 0 Å². The number of hydrogen-bond donors (Lipinski definition) is 1. The van der Waals surface area contributed by atoms with E-state index in [9.17, 15) is 4.79 Å². The molecule has 0 heterocycles. The Morgan fingerprint density at radius 2 is 1.73 bits per heavy atom. The van der Waals surface area contributed by atoms with Crippen LogP contribution in [0.2, 0.25) is 0 Å². The maximum Gasteiger partial charge on any atom is 0.252 e. The van der Waals surface area contributed by atoms with Gasteiger partial charge >= 0.3 is 0 Å². The second kappa shape index (κ2) is 6.39. The van der Waals surface area contributed by atoms with Gasteiger partial charge in [0.15, 0.2) is 0 Å². The third kappa shape index (κ3) is 2.94. The first-order valence-corrected chi connectivity index (χ1v) is 8.05. The topological polar surface area (TPSA) is 38.3 Å². The molecule has 0 atom stereocenters. The van der Waals surface area contributed by atoms with Crippen molar-refractivity contribution < 1.29 is 9.53 Å². The number of carbonyl (C=O) groups excluding carboxylic acids is 1. The molecule has 0 radical (unpaired) electrons. The van der Waals surface area contributed by atoms with Crippen molar-refractivity contribution in [3.63, 3.8) is 0 Å². The lowest BCUT2D eigenvalue weighted by Crippen LogP contribution is -2.37. The van der Waals surface area contributed by atoms with Gasteiger partial charge in [-0.15, -0.1) is 0 Å². The van der Waals surface area contributed by atoms with E-state index in [1.165, 1.54) is 12.8 Å². The summed E-state index contributed by atoms with van der Waals surface area (Å²) in [5, 5.41) is 5.13. The van der Waals surface area contributed by atoms with Crippen LogP contribution in [0.4, 0.5) is 0 Å². The molecule has 2 aromatic carbocycles. The van der Waals surface area contributed by atoms with Crippen molar-refractivity contribution in [2.24, 2.45) is 5.92 Å². The number of rotatable bonds is 3. The fourth-order valence-electron chi connectivity index (χ4n) is 3.31. The van der Waals surface area contributed by atoms with Gasteiger partial charge in [-0.2, -0.15) is 0 Å². The highest BCUT2D eigenvalue weighted by Gasteiger charge is 2.21. The molecule has 0 bridgehead atoms. The molecular formula is C19H23NO2. The molecule has 0 aliphatic heterocycles. The molecule has 1 fully saturated rings. The highest BCUT2D eigenvalue weighted by atomic mass is 16.5. The maximum absolute atomic E-state index is 12.7. The summed E-state index contributed by atoms with van der Waals surface area (Å²) < 4.78 is 5.39. The Morgan fingerprint density at radius 3 is 2.41 bits per heavy atom. The molecule has 0 spiro atoms. The van der Waals surface area contributed by atoms with Crippen molar-refractivity contribution in [2.75, 3.05) is 7.11 Å². The summed E-state index contributed by atoms with van der Waals surface area (Å²) in [6.07, 6.45) is 4.57. The van der Waals surface area contributed by atoms with Crippen LogP contribution in [0, 0.1) is 5.92 Å². The Kier molecular flexibility index (Phi) is 4.32. The van der Waals surface area contributed by atoms with Crippen LogP contribution in [0.25, 0.3) is 10.8 Å². The summed E-state index contributed by atoms with van der Waals surface area (Å²) in [7, 11) is 1.66. The van der Waals surface area contributed by atoms with Gasteiger partial charge in [-0.25, -0.2) is 0 Å². The molecule has 3 rings (SSSR count). The molecule has 1 aliphatic carbocycles. The van der Waals surface area contributed by atoms with Crippen molar-refractivity contribution >= 4 is 16.7 Å². The predicted molar refractivity (Wildman–Crippen MR) is 89.4 cm³/mol. The quantitative estimate of drug-likeness (QED) is 0.924. The van der Waals surface area contributed by atoms with Crippen molar-refractivity contribution in [3.8, 4) is 5.75 Å². The lowest BCUT2D eigenvalue weighted by Gasteiger charge is -2.27. The van der Waals surface area contributed by atoms with E-state index in [0.29, 0.717) is 6.04 Å². The van der Waals surface area contributed by atoms with E-state index >= 15 is 0 Å². The van der Waals surface area contributed by atoms with Gasteiger partial charge in [0.1, 0.15) is 5.75 Å². The Morgan fingerprint density at radius 1 is 1.05 bits per heavy atom. The number of methoxy groups -OCH3 is 1. The summed E-state index contributed by atoms with van der Waals surface area (Å²) in [4.78, 5) is 12.7. The van der Waals surface area contributed by atoms with Crippen LogP contribution in [-0.4, -0.2) is 19.1 Å². The molecule has 1 aliphatic rings.